The number of benzene rings is 1. The zero-order chi connectivity index (χ0) is 13.4. The molecule has 1 atom stereocenters. The number of aliphatic hydroxyl groups is 1. The van der Waals surface area contributed by atoms with Crippen LogP contribution in [-0.4, -0.2) is 31.0 Å². The predicted octanol–water partition coefficient (Wildman–Crippen LogP) is 2.04. The Morgan fingerprint density at radius 2 is 1.84 bits per heavy atom. The highest BCUT2D eigenvalue weighted by atomic mass is 35.5. The monoisotopic (exact) mass is 289 g/mol. The molecule has 0 heterocycles. The van der Waals surface area contributed by atoms with Crippen LogP contribution in [0.5, 0.6) is 0 Å². The van der Waals surface area contributed by atoms with Gasteiger partial charge in [-0.15, -0.1) is 12.4 Å². The lowest BCUT2D eigenvalue weighted by atomic mass is 10.0. The molecule has 1 aromatic carbocycles. The van der Waals surface area contributed by atoms with E-state index in [-0.39, 0.29) is 31.3 Å². The first kappa shape index (κ1) is 18.4. The van der Waals surface area contributed by atoms with E-state index in [1.807, 2.05) is 38.1 Å². The molecule has 0 bridgehead atoms. The summed E-state index contributed by atoms with van der Waals surface area (Å²) >= 11 is 0. The molecule has 1 aromatic rings. The predicted molar refractivity (Wildman–Crippen MR) is 78.4 cm³/mol. The SMILES string of the molecule is CCOC(OCC)c1cccc(CC(N)CO)c1.Cl. The van der Waals surface area contributed by atoms with Crippen molar-refractivity contribution in [1.29, 1.82) is 0 Å². The summed E-state index contributed by atoms with van der Waals surface area (Å²) in [5.41, 5.74) is 7.81. The fourth-order valence-corrected chi connectivity index (χ4v) is 1.78. The second kappa shape index (κ2) is 10.2. The molecule has 0 fully saturated rings. The Kier molecular flexibility index (Phi) is 9.83. The van der Waals surface area contributed by atoms with Crippen LogP contribution >= 0.6 is 12.4 Å². The van der Waals surface area contributed by atoms with Crippen LogP contribution in [0.15, 0.2) is 24.3 Å². The molecule has 0 spiro atoms. The number of halogens is 1. The van der Waals surface area contributed by atoms with E-state index in [4.69, 9.17) is 20.3 Å². The molecule has 0 aliphatic carbocycles. The summed E-state index contributed by atoms with van der Waals surface area (Å²) in [6, 6.07) is 7.72. The van der Waals surface area contributed by atoms with Crippen molar-refractivity contribution in [1.82, 2.24) is 0 Å². The molecule has 0 aromatic heterocycles. The van der Waals surface area contributed by atoms with Crippen molar-refractivity contribution >= 4 is 12.4 Å². The Morgan fingerprint density at radius 3 is 2.37 bits per heavy atom. The molecule has 5 heteroatoms. The van der Waals surface area contributed by atoms with E-state index in [1.165, 1.54) is 0 Å². The van der Waals surface area contributed by atoms with Crippen LogP contribution in [0.3, 0.4) is 0 Å². The van der Waals surface area contributed by atoms with Gasteiger partial charge in [-0.3, -0.25) is 0 Å². The highest BCUT2D eigenvalue weighted by molar-refractivity contribution is 5.85. The van der Waals surface area contributed by atoms with Crippen LogP contribution in [0.25, 0.3) is 0 Å². The summed E-state index contributed by atoms with van der Waals surface area (Å²) in [5, 5.41) is 8.97. The number of hydrogen-bond acceptors (Lipinski definition) is 4. The van der Waals surface area contributed by atoms with Crippen molar-refractivity contribution < 1.29 is 14.6 Å². The van der Waals surface area contributed by atoms with E-state index in [1.54, 1.807) is 0 Å². The number of nitrogens with two attached hydrogens (primary N) is 1. The average Bonchev–Trinajstić information content (AvgIpc) is 2.38. The second-order valence-corrected chi connectivity index (χ2v) is 4.13. The van der Waals surface area contributed by atoms with Gasteiger partial charge in [0.25, 0.3) is 0 Å². The lowest BCUT2D eigenvalue weighted by Crippen LogP contribution is -2.26. The van der Waals surface area contributed by atoms with E-state index >= 15 is 0 Å². The van der Waals surface area contributed by atoms with Gasteiger partial charge >= 0.3 is 0 Å². The largest absolute Gasteiger partial charge is 0.395 e. The van der Waals surface area contributed by atoms with Crippen molar-refractivity contribution in [2.45, 2.75) is 32.6 Å². The lowest BCUT2D eigenvalue weighted by Gasteiger charge is -2.18. The third kappa shape index (κ3) is 6.36. The molecule has 1 rings (SSSR count). The van der Waals surface area contributed by atoms with E-state index in [9.17, 15) is 0 Å². The van der Waals surface area contributed by atoms with E-state index < -0.39 is 0 Å². The Morgan fingerprint density at radius 1 is 1.21 bits per heavy atom. The summed E-state index contributed by atoms with van der Waals surface area (Å²) in [7, 11) is 0. The highest BCUT2D eigenvalue weighted by Crippen LogP contribution is 2.20. The molecule has 0 aliphatic heterocycles. The standard InChI is InChI=1S/C14H23NO3.ClH/c1-3-17-14(18-4-2)12-7-5-6-11(8-12)9-13(15)10-16;/h5-8,13-14,16H,3-4,9-10,15H2,1-2H3;1H. The van der Waals surface area contributed by atoms with Crippen LogP contribution in [0, 0.1) is 0 Å². The first-order valence-electron chi connectivity index (χ1n) is 6.39. The molecule has 4 nitrogen and oxygen atoms in total. The minimum atomic E-state index is -0.328. The van der Waals surface area contributed by atoms with Gasteiger partial charge in [-0.2, -0.15) is 0 Å². The summed E-state index contributed by atoms with van der Waals surface area (Å²) in [6.07, 6.45) is 0.320. The molecule has 0 aliphatic rings. The molecule has 1 unspecified atom stereocenters. The van der Waals surface area contributed by atoms with Crippen molar-refractivity contribution in [3.8, 4) is 0 Å². The third-order valence-corrected chi connectivity index (χ3v) is 2.59. The number of aliphatic hydroxyl groups excluding tert-OH is 1. The molecular weight excluding hydrogens is 266 g/mol. The van der Waals surface area contributed by atoms with Gasteiger partial charge in [0.05, 0.1) is 6.61 Å². The van der Waals surface area contributed by atoms with E-state index in [0.717, 1.165) is 11.1 Å². The van der Waals surface area contributed by atoms with Gasteiger partial charge in [0, 0.05) is 24.8 Å². The number of ether oxygens (including phenoxy) is 2. The summed E-state index contributed by atoms with van der Waals surface area (Å²) < 4.78 is 11.1. The third-order valence-electron chi connectivity index (χ3n) is 2.59. The average molecular weight is 290 g/mol. The Labute approximate surface area is 121 Å². The molecule has 0 saturated heterocycles. The molecule has 0 amide bonds. The maximum atomic E-state index is 8.97. The van der Waals surface area contributed by atoms with Gasteiger partial charge < -0.3 is 20.3 Å². The lowest BCUT2D eigenvalue weighted by molar-refractivity contribution is -0.140. The van der Waals surface area contributed by atoms with Crippen molar-refractivity contribution in [2.24, 2.45) is 5.73 Å². The summed E-state index contributed by atoms with van der Waals surface area (Å²) in [5.74, 6) is 0. The van der Waals surface area contributed by atoms with Crippen LogP contribution in [0.1, 0.15) is 31.3 Å². The van der Waals surface area contributed by atoms with Gasteiger partial charge in [0.1, 0.15) is 0 Å². The Balaban J connectivity index is 0.00000324. The minimum absolute atomic E-state index is 0. The first-order chi connectivity index (χ1) is 8.71. The molecular formula is C14H24ClNO3. The second-order valence-electron chi connectivity index (χ2n) is 4.13. The fraction of sp³-hybridized carbons (Fsp3) is 0.571. The Bertz CT molecular complexity index is 343. The molecule has 0 saturated carbocycles. The fourth-order valence-electron chi connectivity index (χ4n) is 1.78. The maximum absolute atomic E-state index is 8.97. The summed E-state index contributed by atoms with van der Waals surface area (Å²) in [4.78, 5) is 0. The molecule has 110 valence electrons. The van der Waals surface area contributed by atoms with E-state index in [2.05, 4.69) is 0 Å². The molecule has 0 radical (unpaired) electrons. The minimum Gasteiger partial charge on any atom is -0.395 e. The van der Waals surface area contributed by atoms with Crippen LogP contribution in [-0.2, 0) is 15.9 Å². The molecule has 19 heavy (non-hydrogen) atoms. The maximum Gasteiger partial charge on any atom is 0.183 e. The first-order valence-corrected chi connectivity index (χ1v) is 6.39. The smallest absolute Gasteiger partial charge is 0.183 e. The van der Waals surface area contributed by atoms with Gasteiger partial charge in [-0.25, -0.2) is 0 Å². The highest BCUT2D eigenvalue weighted by Gasteiger charge is 2.12. The normalized spacial score (nSPS) is 12.3. The van der Waals surface area contributed by atoms with Gasteiger partial charge in [0.2, 0.25) is 0 Å². The van der Waals surface area contributed by atoms with Gasteiger partial charge in [-0.05, 0) is 25.8 Å². The topological polar surface area (TPSA) is 64.7 Å². The number of rotatable bonds is 8. The van der Waals surface area contributed by atoms with Crippen molar-refractivity contribution in [3.05, 3.63) is 35.4 Å². The number of hydrogen-bond donors (Lipinski definition) is 2. The zero-order valence-corrected chi connectivity index (χ0v) is 12.4. The van der Waals surface area contributed by atoms with Crippen LogP contribution < -0.4 is 5.73 Å². The molecule has 3 N–H and O–H groups in total. The zero-order valence-electron chi connectivity index (χ0n) is 11.5. The quantitative estimate of drug-likeness (QED) is 0.719. The van der Waals surface area contributed by atoms with Gasteiger partial charge in [0.15, 0.2) is 6.29 Å². The summed E-state index contributed by atoms with van der Waals surface area (Å²) in [6.45, 7) is 5.08. The van der Waals surface area contributed by atoms with E-state index in [0.29, 0.717) is 19.6 Å². The van der Waals surface area contributed by atoms with Crippen molar-refractivity contribution in [2.75, 3.05) is 19.8 Å². The van der Waals surface area contributed by atoms with Gasteiger partial charge in [-0.1, -0.05) is 24.3 Å². The Hall–Kier alpha value is -0.650. The van der Waals surface area contributed by atoms with Crippen molar-refractivity contribution in [3.63, 3.8) is 0 Å². The van der Waals surface area contributed by atoms with Crippen LogP contribution in [0.2, 0.25) is 0 Å². The van der Waals surface area contributed by atoms with Crippen LogP contribution in [0.4, 0.5) is 0 Å².